The van der Waals surface area contributed by atoms with Gasteiger partial charge in [-0.05, 0) is 50.5 Å². The Bertz CT molecular complexity index is 1070. The van der Waals surface area contributed by atoms with Crippen molar-refractivity contribution >= 4 is 5.69 Å². The summed E-state index contributed by atoms with van der Waals surface area (Å²) in [6, 6.07) is 10.2. The number of pyridine rings is 1. The van der Waals surface area contributed by atoms with Crippen LogP contribution in [0.3, 0.4) is 0 Å². The molecule has 2 aromatic heterocycles. The molecule has 162 valence electrons. The molecule has 1 aromatic carbocycles. The summed E-state index contributed by atoms with van der Waals surface area (Å²) in [5.41, 5.74) is 4.05. The number of hydrogen-bond acceptors (Lipinski definition) is 5. The highest BCUT2D eigenvalue weighted by atomic mass is 19.1. The van der Waals surface area contributed by atoms with Gasteiger partial charge in [-0.3, -0.25) is 0 Å². The zero-order valence-electron chi connectivity index (χ0n) is 18.0. The number of rotatable bonds is 5. The molecule has 1 unspecified atom stereocenters. The van der Waals surface area contributed by atoms with Gasteiger partial charge in [-0.25, -0.2) is 14.1 Å². The highest BCUT2D eigenvalue weighted by Gasteiger charge is 2.24. The van der Waals surface area contributed by atoms with Crippen molar-refractivity contribution in [2.75, 3.05) is 18.0 Å². The van der Waals surface area contributed by atoms with Crippen LogP contribution in [0.25, 0.3) is 16.9 Å². The SMILES string of the molecule is CCC(C)NC1CCN(c2ccc(-n3cc4c(n3)-c3cccnc3OC4)cc2F)CC1. The Kier molecular flexibility index (Phi) is 5.36. The molecule has 1 saturated heterocycles. The Balaban J connectivity index is 1.33. The van der Waals surface area contributed by atoms with Gasteiger partial charge in [0.25, 0.3) is 0 Å². The number of ether oxygens (including phenoxy) is 1. The fourth-order valence-electron chi connectivity index (χ4n) is 4.41. The molecular weight excluding hydrogens is 393 g/mol. The number of anilines is 1. The molecule has 0 spiro atoms. The summed E-state index contributed by atoms with van der Waals surface area (Å²) < 4.78 is 22.5. The Morgan fingerprint density at radius 3 is 2.87 bits per heavy atom. The van der Waals surface area contributed by atoms with Crippen molar-refractivity contribution in [2.45, 2.75) is 51.8 Å². The van der Waals surface area contributed by atoms with E-state index in [0.29, 0.717) is 35.9 Å². The van der Waals surface area contributed by atoms with Crippen LogP contribution in [0.1, 0.15) is 38.7 Å². The number of fused-ring (bicyclic) bond motifs is 3. The second kappa shape index (κ2) is 8.30. The van der Waals surface area contributed by atoms with E-state index < -0.39 is 0 Å². The quantitative estimate of drug-likeness (QED) is 0.665. The molecule has 0 radical (unpaired) electrons. The lowest BCUT2D eigenvalue weighted by atomic mass is 10.0. The Labute approximate surface area is 182 Å². The van der Waals surface area contributed by atoms with E-state index in [1.54, 1.807) is 16.9 Å². The molecule has 6 nitrogen and oxygen atoms in total. The highest BCUT2D eigenvalue weighted by molar-refractivity contribution is 5.69. The first-order valence-corrected chi connectivity index (χ1v) is 11.1. The van der Waals surface area contributed by atoms with Gasteiger partial charge in [0.15, 0.2) is 0 Å². The number of aromatic nitrogens is 3. The molecule has 1 atom stereocenters. The lowest BCUT2D eigenvalue weighted by molar-refractivity contribution is 0.290. The lowest BCUT2D eigenvalue weighted by Gasteiger charge is -2.35. The molecule has 1 fully saturated rings. The molecule has 2 aliphatic rings. The van der Waals surface area contributed by atoms with Gasteiger partial charge in [-0.15, -0.1) is 0 Å². The van der Waals surface area contributed by atoms with Crippen LogP contribution in [0.15, 0.2) is 42.7 Å². The van der Waals surface area contributed by atoms with E-state index in [1.165, 1.54) is 0 Å². The van der Waals surface area contributed by atoms with Crippen molar-refractivity contribution < 1.29 is 9.13 Å². The van der Waals surface area contributed by atoms with Crippen LogP contribution < -0.4 is 15.0 Å². The number of nitrogens with one attached hydrogen (secondary N) is 1. The zero-order chi connectivity index (χ0) is 21.4. The third-order valence-electron chi connectivity index (χ3n) is 6.34. The number of benzene rings is 1. The molecule has 2 aliphatic heterocycles. The molecule has 1 N–H and O–H groups in total. The van der Waals surface area contributed by atoms with E-state index in [0.717, 1.165) is 49.2 Å². The number of piperidine rings is 1. The van der Waals surface area contributed by atoms with E-state index >= 15 is 4.39 Å². The van der Waals surface area contributed by atoms with Gasteiger partial charge in [0, 0.05) is 49.2 Å². The predicted octanol–water partition coefficient (Wildman–Crippen LogP) is 4.32. The lowest BCUT2D eigenvalue weighted by Crippen LogP contribution is -2.45. The van der Waals surface area contributed by atoms with Crippen LogP contribution in [0, 0.1) is 5.82 Å². The molecular formula is C24H28FN5O. The number of halogens is 1. The number of nitrogens with zero attached hydrogens (tertiary/aromatic N) is 4. The van der Waals surface area contributed by atoms with E-state index in [4.69, 9.17) is 9.84 Å². The second-order valence-electron chi connectivity index (χ2n) is 8.47. The average molecular weight is 422 g/mol. The van der Waals surface area contributed by atoms with Crippen LogP contribution in [-0.2, 0) is 6.61 Å². The molecule has 31 heavy (non-hydrogen) atoms. The summed E-state index contributed by atoms with van der Waals surface area (Å²) >= 11 is 0. The molecule has 4 heterocycles. The first kappa shape index (κ1) is 20.0. The van der Waals surface area contributed by atoms with Gasteiger partial charge in [-0.1, -0.05) is 6.92 Å². The molecule has 3 aromatic rings. The maximum atomic E-state index is 15.1. The summed E-state index contributed by atoms with van der Waals surface area (Å²) in [6.45, 7) is 6.56. The van der Waals surface area contributed by atoms with E-state index in [2.05, 4.69) is 29.0 Å². The maximum Gasteiger partial charge on any atom is 0.223 e. The van der Waals surface area contributed by atoms with Crippen molar-refractivity contribution in [1.29, 1.82) is 0 Å². The van der Waals surface area contributed by atoms with Gasteiger partial charge < -0.3 is 15.0 Å². The standard InChI is InChI=1S/C24H28FN5O/c1-3-16(2)27-18-8-11-29(12-9-18)22-7-6-19(13-21(22)25)30-14-17-15-31-24-20(23(17)28-30)5-4-10-26-24/h4-7,10,13-14,16,18,27H,3,8-9,11-12,15H2,1-2H3. The van der Waals surface area contributed by atoms with Crippen molar-refractivity contribution in [3.05, 3.63) is 54.1 Å². The van der Waals surface area contributed by atoms with Crippen molar-refractivity contribution in [2.24, 2.45) is 0 Å². The summed E-state index contributed by atoms with van der Waals surface area (Å²) in [7, 11) is 0. The van der Waals surface area contributed by atoms with Crippen molar-refractivity contribution in [1.82, 2.24) is 20.1 Å². The third-order valence-corrected chi connectivity index (χ3v) is 6.34. The molecule has 0 bridgehead atoms. The first-order chi connectivity index (χ1) is 15.1. The van der Waals surface area contributed by atoms with Crippen LogP contribution in [0.2, 0.25) is 0 Å². The Morgan fingerprint density at radius 1 is 1.26 bits per heavy atom. The first-order valence-electron chi connectivity index (χ1n) is 11.1. The van der Waals surface area contributed by atoms with Crippen LogP contribution in [-0.4, -0.2) is 39.9 Å². The third kappa shape index (κ3) is 3.90. The fourth-order valence-corrected chi connectivity index (χ4v) is 4.41. The second-order valence-corrected chi connectivity index (χ2v) is 8.47. The molecule has 0 amide bonds. The van der Waals surface area contributed by atoms with Gasteiger partial charge in [0.2, 0.25) is 5.88 Å². The van der Waals surface area contributed by atoms with Crippen molar-refractivity contribution in [3.8, 4) is 22.8 Å². The maximum absolute atomic E-state index is 15.1. The predicted molar refractivity (Wildman–Crippen MR) is 119 cm³/mol. The minimum atomic E-state index is -0.211. The largest absolute Gasteiger partial charge is 0.472 e. The summed E-state index contributed by atoms with van der Waals surface area (Å²) in [5, 5.41) is 8.37. The minimum absolute atomic E-state index is 0.211. The summed E-state index contributed by atoms with van der Waals surface area (Å²) in [4.78, 5) is 6.41. The van der Waals surface area contributed by atoms with Crippen LogP contribution >= 0.6 is 0 Å². The van der Waals surface area contributed by atoms with Gasteiger partial charge >= 0.3 is 0 Å². The van der Waals surface area contributed by atoms with E-state index in [9.17, 15) is 0 Å². The normalized spacial score (nSPS) is 17.1. The van der Waals surface area contributed by atoms with Crippen LogP contribution in [0.5, 0.6) is 5.88 Å². The topological polar surface area (TPSA) is 55.2 Å². The monoisotopic (exact) mass is 421 g/mol. The molecule has 5 rings (SSSR count). The molecule has 7 heteroatoms. The number of hydrogen-bond donors (Lipinski definition) is 1. The average Bonchev–Trinajstić information content (AvgIpc) is 3.24. The van der Waals surface area contributed by atoms with Crippen molar-refractivity contribution in [3.63, 3.8) is 0 Å². The Hall–Kier alpha value is -2.93. The minimum Gasteiger partial charge on any atom is -0.472 e. The summed E-state index contributed by atoms with van der Waals surface area (Å²) in [5.74, 6) is 0.380. The zero-order valence-corrected chi connectivity index (χ0v) is 18.0. The van der Waals surface area contributed by atoms with Crippen LogP contribution in [0.4, 0.5) is 10.1 Å². The smallest absolute Gasteiger partial charge is 0.223 e. The highest BCUT2D eigenvalue weighted by Crippen LogP contribution is 2.35. The fraction of sp³-hybridized carbons (Fsp3) is 0.417. The van der Waals surface area contributed by atoms with Gasteiger partial charge in [-0.2, -0.15) is 5.10 Å². The summed E-state index contributed by atoms with van der Waals surface area (Å²) in [6.07, 6.45) is 6.81. The Morgan fingerprint density at radius 2 is 2.10 bits per heavy atom. The van der Waals surface area contributed by atoms with Gasteiger partial charge in [0.1, 0.15) is 18.1 Å². The van der Waals surface area contributed by atoms with E-state index in [1.807, 2.05) is 30.5 Å². The molecule has 0 aliphatic carbocycles. The van der Waals surface area contributed by atoms with E-state index in [-0.39, 0.29) is 5.82 Å². The molecule has 0 saturated carbocycles. The van der Waals surface area contributed by atoms with Gasteiger partial charge in [0.05, 0.1) is 16.9 Å².